The second kappa shape index (κ2) is 8.78. The first kappa shape index (κ1) is 11.7. The first-order valence-corrected chi connectivity index (χ1v) is 4.29. The molecule has 0 amide bonds. The molecule has 0 bridgehead atoms. The average molecular weight is 180 g/mol. The van der Waals surface area contributed by atoms with Crippen molar-refractivity contribution in [2.45, 2.75) is 19.3 Å². The molecule has 0 aliphatic heterocycles. The number of allylic oxidation sites excluding steroid dienone is 4. The number of carbonyl (C=O) groups is 1. The summed E-state index contributed by atoms with van der Waals surface area (Å²) in [6.07, 6.45) is 11.8. The maximum absolute atomic E-state index is 10.6. The summed E-state index contributed by atoms with van der Waals surface area (Å²) in [5, 5.41) is 0. The second-order valence-electron chi connectivity index (χ2n) is 2.48. The van der Waals surface area contributed by atoms with Gasteiger partial charge in [0.15, 0.2) is 0 Å². The van der Waals surface area contributed by atoms with Crippen molar-refractivity contribution in [3.8, 4) is 0 Å². The second-order valence-corrected chi connectivity index (χ2v) is 2.48. The van der Waals surface area contributed by atoms with Gasteiger partial charge in [-0.3, -0.25) is 4.79 Å². The first-order valence-electron chi connectivity index (χ1n) is 4.29. The highest BCUT2D eigenvalue weighted by molar-refractivity contribution is 5.70. The van der Waals surface area contributed by atoms with Gasteiger partial charge < -0.3 is 4.74 Å². The van der Waals surface area contributed by atoms with Gasteiger partial charge >= 0.3 is 5.97 Å². The fraction of sp³-hybridized carbons (Fsp3) is 0.364. The lowest BCUT2D eigenvalue weighted by Gasteiger charge is -1.90. The van der Waals surface area contributed by atoms with Crippen LogP contribution in [-0.2, 0) is 9.53 Å². The van der Waals surface area contributed by atoms with Crippen LogP contribution in [0.3, 0.4) is 0 Å². The van der Waals surface area contributed by atoms with E-state index in [4.69, 9.17) is 0 Å². The molecule has 0 N–H and O–H groups in total. The summed E-state index contributed by atoms with van der Waals surface area (Å²) in [5.74, 6) is -0.202. The van der Waals surface area contributed by atoms with Crippen LogP contribution >= 0.6 is 0 Å². The standard InChI is InChI=1S/C11H16O2/c1-3-4-5-6-7-8-9-10-11(12)13-2/h3,5-6,8-9H,1,4,7,10H2,2H3/b6-5-,9-8-. The highest BCUT2D eigenvalue weighted by atomic mass is 16.5. The van der Waals surface area contributed by atoms with E-state index in [1.165, 1.54) is 7.11 Å². The molecule has 0 saturated heterocycles. The SMILES string of the molecule is C=CC/C=C\C/C=C\CC(=O)OC. The number of methoxy groups -OCH3 is 1. The van der Waals surface area contributed by atoms with Gasteiger partial charge in [0, 0.05) is 0 Å². The zero-order valence-corrected chi connectivity index (χ0v) is 8.03. The summed E-state index contributed by atoms with van der Waals surface area (Å²) in [5.41, 5.74) is 0. The van der Waals surface area contributed by atoms with E-state index in [-0.39, 0.29) is 5.97 Å². The first-order chi connectivity index (χ1) is 6.31. The summed E-state index contributed by atoms with van der Waals surface area (Å²) in [4.78, 5) is 10.6. The van der Waals surface area contributed by atoms with Gasteiger partial charge in [-0.05, 0) is 12.8 Å². The molecule has 0 aliphatic rings. The topological polar surface area (TPSA) is 26.3 Å². The number of hydrogen-bond acceptors (Lipinski definition) is 2. The van der Waals surface area contributed by atoms with Crippen LogP contribution in [0, 0.1) is 0 Å². The quantitative estimate of drug-likeness (QED) is 0.464. The highest BCUT2D eigenvalue weighted by Crippen LogP contribution is 1.92. The van der Waals surface area contributed by atoms with Gasteiger partial charge in [-0.1, -0.05) is 30.4 Å². The molecular weight excluding hydrogens is 164 g/mol. The van der Waals surface area contributed by atoms with E-state index in [1.54, 1.807) is 0 Å². The Bertz CT molecular complexity index is 202. The van der Waals surface area contributed by atoms with Crippen molar-refractivity contribution in [1.82, 2.24) is 0 Å². The molecule has 2 heteroatoms. The van der Waals surface area contributed by atoms with Gasteiger partial charge in [-0.25, -0.2) is 0 Å². The molecule has 0 radical (unpaired) electrons. The van der Waals surface area contributed by atoms with Crippen molar-refractivity contribution >= 4 is 5.97 Å². The zero-order valence-electron chi connectivity index (χ0n) is 8.03. The summed E-state index contributed by atoms with van der Waals surface area (Å²) in [6, 6.07) is 0. The minimum atomic E-state index is -0.202. The molecule has 0 aromatic heterocycles. The molecule has 13 heavy (non-hydrogen) atoms. The number of ether oxygens (including phenoxy) is 1. The van der Waals surface area contributed by atoms with Crippen molar-refractivity contribution in [2.24, 2.45) is 0 Å². The fourth-order valence-electron chi connectivity index (χ4n) is 0.726. The molecule has 0 aliphatic carbocycles. The molecule has 0 atom stereocenters. The van der Waals surface area contributed by atoms with E-state index in [0.717, 1.165) is 12.8 Å². The Hall–Kier alpha value is -1.31. The highest BCUT2D eigenvalue weighted by Gasteiger charge is 1.91. The Kier molecular flexibility index (Phi) is 7.90. The Morgan fingerprint density at radius 2 is 1.85 bits per heavy atom. The molecule has 0 unspecified atom stereocenters. The molecule has 2 nitrogen and oxygen atoms in total. The number of carbonyl (C=O) groups excluding carboxylic acids is 1. The van der Waals surface area contributed by atoms with Crippen molar-refractivity contribution in [1.29, 1.82) is 0 Å². The molecule has 0 rings (SSSR count). The average Bonchev–Trinajstić information content (AvgIpc) is 2.16. The summed E-state index contributed by atoms with van der Waals surface area (Å²) >= 11 is 0. The molecule has 0 aromatic rings. The van der Waals surface area contributed by atoms with Crippen LogP contribution in [0.1, 0.15) is 19.3 Å². The van der Waals surface area contributed by atoms with Gasteiger partial charge in [0.05, 0.1) is 13.5 Å². The van der Waals surface area contributed by atoms with Crippen LogP contribution in [-0.4, -0.2) is 13.1 Å². The van der Waals surface area contributed by atoms with Crippen molar-refractivity contribution in [3.63, 3.8) is 0 Å². The van der Waals surface area contributed by atoms with Gasteiger partial charge in [0.25, 0.3) is 0 Å². The van der Waals surface area contributed by atoms with Gasteiger partial charge in [0.1, 0.15) is 0 Å². The van der Waals surface area contributed by atoms with Crippen molar-refractivity contribution < 1.29 is 9.53 Å². The Morgan fingerprint density at radius 3 is 2.46 bits per heavy atom. The molecular formula is C11H16O2. The molecule has 0 heterocycles. The van der Waals surface area contributed by atoms with E-state index >= 15 is 0 Å². The summed E-state index contributed by atoms with van der Waals surface area (Å²) in [6.45, 7) is 3.60. The molecule has 0 aromatic carbocycles. The zero-order chi connectivity index (χ0) is 9.94. The third kappa shape index (κ3) is 8.60. The number of rotatable bonds is 6. The maximum atomic E-state index is 10.6. The normalized spacial score (nSPS) is 10.8. The van der Waals surface area contributed by atoms with Gasteiger partial charge in [-0.15, -0.1) is 6.58 Å². The van der Waals surface area contributed by atoms with Crippen LogP contribution in [0.4, 0.5) is 0 Å². The third-order valence-corrected chi connectivity index (χ3v) is 1.42. The fourth-order valence-corrected chi connectivity index (χ4v) is 0.726. The molecule has 0 saturated carbocycles. The lowest BCUT2D eigenvalue weighted by molar-refractivity contribution is -0.139. The largest absolute Gasteiger partial charge is 0.469 e. The van der Waals surface area contributed by atoms with E-state index in [0.29, 0.717) is 6.42 Å². The molecule has 0 fully saturated rings. The van der Waals surface area contributed by atoms with Crippen LogP contribution in [0.5, 0.6) is 0 Å². The lowest BCUT2D eigenvalue weighted by Crippen LogP contribution is -1.96. The van der Waals surface area contributed by atoms with E-state index < -0.39 is 0 Å². The Balaban J connectivity index is 3.41. The predicted octanol–water partition coefficient (Wildman–Crippen LogP) is 2.63. The third-order valence-electron chi connectivity index (χ3n) is 1.42. The van der Waals surface area contributed by atoms with Crippen LogP contribution in [0.2, 0.25) is 0 Å². The smallest absolute Gasteiger partial charge is 0.309 e. The number of hydrogen-bond donors (Lipinski definition) is 0. The van der Waals surface area contributed by atoms with E-state index in [2.05, 4.69) is 11.3 Å². The monoisotopic (exact) mass is 180 g/mol. The van der Waals surface area contributed by atoms with Crippen LogP contribution < -0.4 is 0 Å². The van der Waals surface area contributed by atoms with Crippen molar-refractivity contribution in [2.75, 3.05) is 7.11 Å². The minimum absolute atomic E-state index is 0.202. The van der Waals surface area contributed by atoms with E-state index in [1.807, 2.05) is 30.4 Å². The molecule has 0 spiro atoms. The van der Waals surface area contributed by atoms with Crippen molar-refractivity contribution in [3.05, 3.63) is 37.0 Å². The summed E-state index contributed by atoms with van der Waals surface area (Å²) in [7, 11) is 1.39. The number of esters is 1. The summed E-state index contributed by atoms with van der Waals surface area (Å²) < 4.78 is 4.47. The van der Waals surface area contributed by atoms with E-state index in [9.17, 15) is 4.79 Å². The van der Waals surface area contributed by atoms with Gasteiger partial charge in [-0.2, -0.15) is 0 Å². The Morgan fingerprint density at radius 1 is 1.23 bits per heavy atom. The minimum Gasteiger partial charge on any atom is -0.469 e. The lowest BCUT2D eigenvalue weighted by atomic mass is 10.3. The Labute approximate surface area is 79.6 Å². The predicted molar refractivity (Wildman–Crippen MR) is 54.3 cm³/mol. The molecule has 72 valence electrons. The van der Waals surface area contributed by atoms with Crippen LogP contribution in [0.25, 0.3) is 0 Å². The maximum Gasteiger partial charge on any atom is 0.309 e. The van der Waals surface area contributed by atoms with Gasteiger partial charge in [0.2, 0.25) is 0 Å². The van der Waals surface area contributed by atoms with Crippen LogP contribution in [0.15, 0.2) is 37.0 Å².